The molecule has 0 rings (SSSR count). The molecule has 0 aromatic carbocycles. The number of carbonyl (C=O) groups excluding carboxylic acids is 1. The van der Waals surface area contributed by atoms with Crippen molar-refractivity contribution in [2.45, 2.75) is 0 Å². The standard InChI is InChI=1S/C5H10NO7P/c7-4(1-13-2-5(8)9)6-3-14(10,11)12/h1-3H2,(H,6,7)(H,8,9)(H2,10,11,12). The predicted octanol–water partition coefficient (Wildman–Crippen LogP) is -1.66. The third-order valence-corrected chi connectivity index (χ3v) is 1.51. The summed E-state index contributed by atoms with van der Waals surface area (Å²) in [7, 11) is -4.27. The molecule has 0 aliphatic carbocycles. The minimum absolute atomic E-state index is 0.549. The van der Waals surface area contributed by atoms with E-state index in [1.54, 1.807) is 0 Å². The third-order valence-electron chi connectivity index (χ3n) is 0.941. The molecule has 0 bridgehead atoms. The van der Waals surface area contributed by atoms with E-state index in [2.05, 4.69) is 4.74 Å². The number of ether oxygens (including phenoxy) is 1. The maximum absolute atomic E-state index is 10.7. The SMILES string of the molecule is O=C(O)COCC(=O)NCP(=O)(O)O. The predicted molar refractivity (Wildman–Crippen MR) is 43.5 cm³/mol. The number of aliphatic carboxylic acids is 1. The van der Waals surface area contributed by atoms with Crippen molar-refractivity contribution in [2.75, 3.05) is 19.5 Å². The molecule has 9 heteroatoms. The Bertz CT molecular complexity index is 259. The van der Waals surface area contributed by atoms with Crippen LogP contribution in [-0.2, 0) is 18.9 Å². The van der Waals surface area contributed by atoms with Crippen molar-refractivity contribution in [3.8, 4) is 0 Å². The van der Waals surface area contributed by atoms with E-state index in [9.17, 15) is 14.2 Å². The molecular formula is C5H10NO7P. The van der Waals surface area contributed by atoms with Crippen LogP contribution in [0.4, 0.5) is 0 Å². The quantitative estimate of drug-likeness (QED) is 0.399. The highest BCUT2D eigenvalue weighted by Gasteiger charge is 2.14. The first-order chi connectivity index (χ1) is 6.31. The minimum atomic E-state index is -4.27. The van der Waals surface area contributed by atoms with Crippen LogP contribution in [0.1, 0.15) is 0 Å². The van der Waals surface area contributed by atoms with Crippen molar-refractivity contribution in [1.29, 1.82) is 0 Å². The third kappa shape index (κ3) is 9.14. The van der Waals surface area contributed by atoms with Crippen molar-refractivity contribution >= 4 is 19.5 Å². The Labute approximate surface area is 79.0 Å². The fraction of sp³-hybridized carbons (Fsp3) is 0.600. The Hall–Kier alpha value is -0.950. The second-order valence-electron chi connectivity index (χ2n) is 2.31. The molecule has 0 heterocycles. The highest BCUT2D eigenvalue weighted by molar-refractivity contribution is 7.51. The zero-order valence-corrected chi connectivity index (χ0v) is 7.94. The Balaban J connectivity index is 3.57. The van der Waals surface area contributed by atoms with Crippen molar-refractivity contribution in [3.63, 3.8) is 0 Å². The highest BCUT2D eigenvalue weighted by Crippen LogP contribution is 2.31. The van der Waals surface area contributed by atoms with Gasteiger partial charge in [-0.2, -0.15) is 0 Å². The van der Waals surface area contributed by atoms with Gasteiger partial charge in [-0.3, -0.25) is 9.36 Å². The number of hydrogen-bond acceptors (Lipinski definition) is 4. The van der Waals surface area contributed by atoms with E-state index in [0.717, 1.165) is 0 Å². The number of carbonyl (C=O) groups is 2. The summed E-state index contributed by atoms with van der Waals surface area (Å²) in [5, 5.41) is 9.98. The molecule has 14 heavy (non-hydrogen) atoms. The van der Waals surface area contributed by atoms with Gasteiger partial charge in [-0.1, -0.05) is 0 Å². The molecule has 8 nitrogen and oxygen atoms in total. The second kappa shape index (κ2) is 5.71. The molecule has 0 aromatic heterocycles. The molecule has 0 saturated heterocycles. The molecule has 0 spiro atoms. The van der Waals surface area contributed by atoms with E-state index >= 15 is 0 Å². The molecule has 82 valence electrons. The maximum atomic E-state index is 10.7. The van der Waals surface area contributed by atoms with Crippen LogP contribution in [0.25, 0.3) is 0 Å². The summed E-state index contributed by atoms with van der Waals surface area (Å²) in [6.07, 6.45) is -0.789. The van der Waals surface area contributed by atoms with E-state index in [0.29, 0.717) is 0 Å². The van der Waals surface area contributed by atoms with Crippen LogP contribution in [0.15, 0.2) is 0 Å². The van der Waals surface area contributed by atoms with E-state index in [1.165, 1.54) is 0 Å². The normalized spacial score (nSPS) is 11.0. The summed E-state index contributed by atoms with van der Waals surface area (Å²) >= 11 is 0. The van der Waals surface area contributed by atoms with Gasteiger partial charge in [0.2, 0.25) is 5.91 Å². The van der Waals surface area contributed by atoms with E-state index in [1.807, 2.05) is 5.32 Å². The van der Waals surface area contributed by atoms with E-state index < -0.39 is 39.0 Å². The van der Waals surface area contributed by atoms with E-state index in [4.69, 9.17) is 14.9 Å². The monoisotopic (exact) mass is 227 g/mol. The van der Waals surface area contributed by atoms with Gasteiger partial charge in [0.25, 0.3) is 0 Å². The van der Waals surface area contributed by atoms with Crippen LogP contribution in [-0.4, -0.2) is 46.3 Å². The summed E-state index contributed by atoms with van der Waals surface area (Å²) in [4.78, 5) is 37.3. The number of rotatable bonds is 6. The van der Waals surface area contributed by atoms with Crippen molar-refractivity contribution in [2.24, 2.45) is 0 Å². The summed E-state index contributed by atoms with van der Waals surface area (Å²) in [6, 6.07) is 0. The minimum Gasteiger partial charge on any atom is -0.480 e. The molecule has 0 unspecified atom stereocenters. The molecule has 0 aromatic rings. The molecule has 0 aliphatic rings. The Morgan fingerprint density at radius 1 is 1.29 bits per heavy atom. The first-order valence-electron chi connectivity index (χ1n) is 3.42. The number of nitrogens with one attached hydrogen (secondary N) is 1. The van der Waals surface area contributed by atoms with Gasteiger partial charge in [-0.05, 0) is 0 Å². The van der Waals surface area contributed by atoms with Crippen LogP contribution in [0.5, 0.6) is 0 Å². The first kappa shape index (κ1) is 13.1. The van der Waals surface area contributed by atoms with Gasteiger partial charge in [-0.25, -0.2) is 4.79 Å². The number of hydrogen-bond donors (Lipinski definition) is 4. The van der Waals surface area contributed by atoms with Crippen LogP contribution >= 0.6 is 7.60 Å². The van der Waals surface area contributed by atoms with Crippen LogP contribution < -0.4 is 5.32 Å². The average molecular weight is 227 g/mol. The van der Waals surface area contributed by atoms with Gasteiger partial charge in [0.05, 0.1) is 0 Å². The van der Waals surface area contributed by atoms with Gasteiger partial charge >= 0.3 is 13.6 Å². The summed E-state index contributed by atoms with van der Waals surface area (Å²) in [5.41, 5.74) is 0. The molecule has 0 radical (unpaired) electrons. The van der Waals surface area contributed by atoms with Gasteiger partial charge < -0.3 is 24.9 Å². The number of carboxylic acids is 1. The van der Waals surface area contributed by atoms with Crippen molar-refractivity contribution in [3.05, 3.63) is 0 Å². The second-order valence-corrected chi connectivity index (χ2v) is 3.95. The lowest BCUT2D eigenvalue weighted by atomic mass is 10.6. The van der Waals surface area contributed by atoms with Crippen LogP contribution in [0.3, 0.4) is 0 Å². The van der Waals surface area contributed by atoms with Gasteiger partial charge in [-0.15, -0.1) is 0 Å². The smallest absolute Gasteiger partial charge is 0.344 e. The Morgan fingerprint density at radius 2 is 1.86 bits per heavy atom. The van der Waals surface area contributed by atoms with Gasteiger partial charge in [0.15, 0.2) is 0 Å². The zero-order chi connectivity index (χ0) is 11.2. The molecule has 0 saturated carbocycles. The van der Waals surface area contributed by atoms with Gasteiger partial charge in [0, 0.05) is 0 Å². The summed E-state index contributed by atoms with van der Waals surface area (Å²) in [6.45, 7) is -1.18. The number of carboxylic acid groups (broad SMARTS) is 1. The molecule has 0 aliphatic heterocycles. The van der Waals surface area contributed by atoms with Crippen LogP contribution in [0.2, 0.25) is 0 Å². The van der Waals surface area contributed by atoms with Crippen LogP contribution in [0, 0.1) is 0 Å². The van der Waals surface area contributed by atoms with E-state index in [-0.39, 0.29) is 0 Å². The average Bonchev–Trinajstić information content (AvgIpc) is 1.99. The Kier molecular flexibility index (Phi) is 5.32. The fourth-order valence-corrected chi connectivity index (χ4v) is 0.856. The molecule has 4 N–H and O–H groups in total. The lowest BCUT2D eigenvalue weighted by molar-refractivity contribution is -0.143. The lowest BCUT2D eigenvalue weighted by Gasteiger charge is -2.05. The maximum Gasteiger partial charge on any atom is 0.344 e. The summed E-state index contributed by atoms with van der Waals surface area (Å²) < 4.78 is 14.6. The Morgan fingerprint density at radius 3 is 2.29 bits per heavy atom. The molecule has 0 fully saturated rings. The first-order valence-corrected chi connectivity index (χ1v) is 5.22. The topological polar surface area (TPSA) is 133 Å². The van der Waals surface area contributed by atoms with Crippen molar-refractivity contribution < 1.29 is 33.8 Å². The highest BCUT2D eigenvalue weighted by atomic mass is 31.2. The lowest BCUT2D eigenvalue weighted by Crippen LogP contribution is -2.29. The largest absolute Gasteiger partial charge is 0.480 e. The fourth-order valence-electron chi connectivity index (χ4n) is 0.473. The summed E-state index contributed by atoms with van der Waals surface area (Å²) in [5.74, 6) is -2.01. The zero-order valence-electron chi connectivity index (χ0n) is 7.04. The van der Waals surface area contributed by atoms with Crippen molar-refractivity contribution in [1.82, 2.24) is 5.32 Å². The molecule has 0 atom stereocenters. The molecule has 1 amide bonds. The number of amides is 1. The van der Waals surface area contributed by atoms with Gasteiger partial charge in [0.1, 0.15) is 19.5 Å². The molecular weight excluding hydrogens is 217 g/mol.